The summed E-state index contributed by atoms with van der Waals surface area (Å²) >= 11 is 0. The second-order valence-corrected chi connectivity index (χ2v) is 7.85. The van der Waals surface area contributed by atoms with Crippen LogP contribution in [0, 0.1) is 11.3 Å². The predicted octanol–water partition coefficient (Wildman–Crippen LogP) is 3.61. The summed E-state index contributed by atoms with van der Waals surface area (Å²) in [6, 6.07) is 16.6. The Labute approximate surface area is 173 Å². The molecule has 0 bridgehead atoms. The molecule has 0 unspecified atom stereocenters. The number of carbonyl (C=O) groups excluding carboxylic acids is 1. The number of rotatable bonds is 3. The van der Waals surface area contributed by atoms with Crippen LogP contribution in [0.15, 0.2) is 52.9 Å². The minimum atomic E-state index is -0.412. The van der Waals surface area contributed by atoms with Gasteiger partial charge < -0.3 is 9.15 Å². The number of carbonyl (C=O) groups is 1. The molecule has 0 amide bonds. The maximum absolute atomic E-state index is 12.6. The Morgan fingerprint density at radius 1 is 1.07 bits per heavy atom. The zero-order valence-electron chi connectivity index (χ0n) is 16.4. The van der Waals surface area contributed by atoms with E-state index >= 15 is 0 Å². The SMILES string of the molecule is N#Cc1ccc(-c2nnc(CN3CCC4(CC3)CC(=O)c3ccccc3O4)o2)cc1. The van der Waals surface area contributed by atoms with Crippen LogP contribution < -0.4 is 4.74 Å². The van der Waals surface area contributed by atoms with Crippen molar-refractivity contribution in [3.8, 4) is 23.3 Å². The lowest BCUT2D eigenvalue weighted by atomic mass is 9.82. The van der Waals surface area contributed by atoms with E-state index in [1.165, 1.54) is 0 Å². The minimum absolute atomic E-state index is 0.161. The Kier molecular flexibility index (Phi) is 4.57. The van der Waals surface area contributed by atoms with Crippen molar-refractivity contribution < 1.29 is 13.9 Å². The Morgan fingerprint density at radius 2 is 1.83 bits per heavy atom. The Morgan fingerprint density at radius 3 is 2.60 bits per heavy atom. The van der Waals surface area contributed by atoms with Gasteiger partial charge in [-0.1, -0.05) is 12.1 Å². The fraction of sp³-hybridized carbons (Fsp3) is 0.304. The first-order chi connectivity index (χ1) is 14.6. The van der Waals surface area contributed by atoms with Gasteiger partial charge in [0.05, 0.1) is 30.2 Å². The van der Waals surface area contributed by atoms with Gasteiger partial charge in [0, 0.05) is 31.5 Å². The third kappa shape index (κ3) is 3.46. The summed E-state index contributed by atoms with van der Waals surface area (Å²) in [5.74, 6) is 1.86. The molecule has 0 saturated carbocycles. The smallest absolute Gasteiger partial charge is 0.247 e. The van der Waals surface area contributed by atoms with Crippen LogP contribution in [0.3, 0.4) is 0 Å². The molecule has 0 atom stereocenters. The first-order valence-corrected chi connectivity index (χ1v) is 10.0. The van der Waals surface area contributed by atoms with Crippen LogP contribution in [0.2, 0.25) is 0 Å². The summed E-state index contributed by atoms with van der Waals surface area (Å²) in [6.07, 6.45) is 1.99. The normalized spacial score (nSPS) is 17.9. The van der Waals surface area contributed by atoms with Gasteiger partial charge in [-0.15, -0.1) is 10.2 Å². The van der Waals surface area contributed by atoms with Crippen LogP contribution in [0.4, 0.5) is 0 Å². The molecule has 30 heavy (non-hydrogen) atoms. The summed E-state index contributed by atoms with van der Waals surface area (Å²) in [7, 11) is 0. The molecule has 2 aliphatic heterocycles. The van der Waals surface area contributed by atoms with Gasteiger partial charge >= 0.3 is 0 Å². The standard InChI is InChI=1S/C23H20N4O3/c24-14-16-5-7-17(8-6-16)22-26-25-21(29-22)15-27-11-9-23(10-12-27)13-19(28)18-3-1-2-4-20(18)30-23/h1-8H,9-13,15H2. The molecule has 1 fully saturated rings. The van der Waals surface area contributed by atoms with E-state index in [0.29, 0.717) is 41.6 Å². The van der Waals surface area contributed by atoms with E-state index in [9.17, 15) is 4.79 Å². The topological polar surface area (TPSA) is 92.2 Å². The molecule has 3 aromatic rings. The number of nitrogens with zero attached hydrogens (tertiary/aromatic N) is 4. The van der Waals surface area contributed by atoms with Gasteiger partial charge in [0.15, 0.2) is 5.78 Å². The number of nitriles is 1. The molecule has 0 N–H and O–H groups in total. The van der Waals surface area contributed by atoms with Crippen molar-refractivity contribution in [3.05, 3.63) is 65.5 Å². The van der Waals surface area contributed by atoms with Crippen molar-refractivity contribution in [1.82, 2.24) is 15.1 Å². The van der Waals surface area contributed by atoms with Crippen molar-refractivity contribution in [2.24, 2.45) is 0 Å². The number of hydrogen-bond donors (Lipinski definition) is 0. The van der Waals surface area contributed by atoms with Crippen molar-refractivity contribution in [2.45, 2.75) is 31.4 Å². The summed E-state index contributed by atoms with van der Waals surface area (Å²) in [6.45, 7) is 2.15. The number of benzene rings is 2. The van der Waals surface area contributed by atoms with Crippen LogP contribution >= 0.6 is 0 Å². The number of ketones is 1. The number of Topliss-reactive ketones (excluding diaryl/α,β-unsaturated/α-hetero) is 1. The number of para-hydroxylation sites is 1. The molecular formula is C23H20N4O3. The number of fused-ring (bicyclic) bond motifs is 1. The molecule has 2 aliphatic rings. The monoisotopic (exact) mass is 400 g/mol. The lowest BCUT2D eigenvalue weighted by Gasteiger charge is -2.43. The Balaban J connectivity index is 1.23. The average Bonchev–Trinajstić information content (AvgIpc) is 3.24. The highest BCUT2D eigenvalue weighted by Crippen LogP contribution is 2.39. The van der Waals surface area contributed by atoms with E-state index in [0.717, 1.165) is 31.5 Å². The van der Waals surface area contributed by atoms with E-state index in [1.54, 1.807) is 24.3 Å². The summed E-state index contributed by atoms with van der Waals surface area (Å²) < 4.78 is 12.1. The van der Waals surface area contributed by atoms with Gasteiger partial charge in [0.2, 0.25) is 11.8 Å². The molecule has 1 aromatic heterocycles. The molecule has 2 aromatic carbocycles. The first kappa shape index (κ1) is 18.5. The number of piperidine rings is 1. The van der Waals surface area contributed by atoms with E-state index in [2.05, 4.69) is 21.2 Å². The molecule has 3 heterocycles. The van der Waals surface area contributed by atoms with Crippen molar-refractivity contribution in [1.29, 1.82) is 5.26 Å². The largest absolute Gasteiger partial charge is 0.486 e. The molecule has 7 heteroatoms. The lowest BCUT2D eigenvalue weighted by Crippen LogP contribution is -2.50. The molecule has 0 aliphatic carbocycles. The highest BCUT2D eigenvalue weighted by Gasteiger charge is 2.42. The molecule has 150 valence electrons. The zero-order valence-corrected chi connectivity index (χ0v) is 16.4. The highest BCUT2D eigenvalue weighted by atomic mass is 16.5. The Bertz CT molecular complexity index is 1120. The summed E-state index contributed by atoms with van der Waals surface area (Å²) in [4.78, 5) is 14.8. The number of aromatic nitrogens is 2. The van der Waals surface area contributed by atoms with Crippen molar-refractivity contribution >= 4 is 5.78 Å². The molecule has 5 rings (SSSR count). The van der Waals surface area contributed by atoms with E-state index < -0.39 is 5.60 Å². The van der Waals surface area contributed by atoms with E-state index in [4.69, 9.17) is 14.4 Å². The molecule has 0 radical (unpaired) electrons. The highest BCUT2D eigenvalue weighted by molar-refractivity contribution is 6.00. The summed E-state index contributed by atoms with van der Waals surface area (Å²) in [5.41, 5.74) is 1.65. The van der Waals surface area contributed by atoms with Crippen molar-refractivity contribution in [3.63, 3.8) is 0 Å². The predicted molar refractivity (Wildman–Crippen MR) is 108 cm³/mol. The number of hydrogen-bond acceptors (Lipinski definition) is 7. The fourth-order valence-corrected chi connectivity index (χ4v) is 4.15. The van der Waals surface area contributed by atoms with Crippen LogP contribution in [0.5, 0.6) is 5.75 Å². The van der Waals surface area contributed by atoms with Crippen LogP contribution in [-0.2, 0) is 6.54 Å². The van der Waals surface area contributed by atoms with Gasteiger partial charge in [0.1, 0.15) is 11.4 Å². The summed E-state index contributed by atoms with van der Waals surface area (Å²) in [5, 5.41) is 17.2. The van der Waals surface area contributed by atoms with E-state index in [1.807, 2.05) is 24.3 Å². The molecule has 1 saturated heterocycles. The minimum Gasteiger partial charge on any atom is -0.486 e. The quantitative estimate of drug-likeness (QED) is 0.663. The third-order valence-electron chi connectivity index (χ3n) is 5.85. The second kappa shape index (κ2) is 7.39. The third-order valence-corrected chi connectivity index (χ3v) is 5.85. The zero-order chi connectivity index (χ0) is 20.6. The van der Waals surface area contributed by atoms with Crippen LogP contribution in [0.25, 0.3) is 11.5 Å². The van der Waals surface area contributed by atoms with Crippen molar-refractivity contribution in [2.75, 3.05) is 13.1 Å². The first-order valence-electron chi connectivity index (χ1n) is 10.0. The van der Waals surface area contributed by atoms with Gasteiger partial charge in [-0.25, -0.2) is 0 Å². The fourth-order valence-electron chi connectivity index (χ4n) is 4.15. The van der Waals surface area contributed by atoms with Gasteiger partial charge in [-0.2, -0.15) is 5.26 Å². The molecule has 7 nitrogen and oxygen atoms in total. The van der Waals surface area contributed by atoms with Crippen LogP contribution in [-0.4, -0.2) is 39.6 Å². The lowest BCUT2D eigenvalue weighted by molar-refractivity contribution is -0.0122. The average molecular weight is 400 g/mol. The maximum atomic E-state index is 12.6. The molecular weight excluding hydrogens is 380 g/mol. The van der Waals surface area contributed by atoms with Gasteiger partial charge in [-0.05, 0) is 36.4 Å². The van der Waals surface area contributed by atoms with E-state index in [-0.39, 0.29) is 5.78 Å². The maximum Gasteiger partial charge on any atom is 0.247 e. The van der Waals surface area contributed by atoms with Crippen LogP contribution in [0.1, 0.15) is 41.1 Å². The molecule has 1 spiro atoms. The second-order valence-electron chi connectivity index (χ2n) is 7.85. The Hall–Kier alpha value is -3.50. The number of likely N-dealkylation sites (tertiary alicyclic amines) is 1. The van der Waals surface area contributed by atoms with Gasteiger partial charge in [-0.3, -0.25) is 9.69 Å². The number of ether oxygens (including phenoxy) is 1. The van der Waals surface area contributed by atoms with Gasteiger partial charge in [0.25, 0.3) is 0 Å².